The summed E-state index contributed by atoms with van der Waals surface area (Å²) in [4.78, 5) is 2.72. The summed E-state index contributed by atoms with van der Waals surface area (Å²) < 4.78 is 0. The maximum Gasteiger partial charge on any atom is 0.0110 e. The van der Waals surface area contributed by atoms with Gasteiger partial charge in [0.2, 0.25) is 0 Å². The molecular formula is C16H32N2. The number of rotatable bonds is 5. The third kappa shape index (κ3) is 4.24. The van der Waals surface area contributed by atoms with Crippen molar-refractivity contribution < 1.29 is 0 Å². The lowest BCUT2D eigenvalue weighted by Gasteiger charge is -2.36. The Morgan fingerprint density at radius 1 is 1.06 bits per heavy atom. The zero-order valence-electron chi connectivity index (χ0n) is 12.5. The first-order chi connectivity index (χ1) is 8.79. The fourth-order valence-electron chi connectivity index (χ4n) is 3.69. The minimum atomic E-state index is 0.811. The van der Waals surface area contributed by atoms with E-state index in [0.29, 0.717) is 0 Å². The van der Waals surface area contributed by atoms with E-state index in [9.17, 15) is 0 Å². The highest BCUT2D eigenvalue weighted by Crippen LogP contribution is 2.23. The topological polar surface area (TPSA) is 15.3 Å². The van der Waals surface area contributed by atoms with Gasteiger partial charge >= 0.3 is 0 Å². The Hall–Kier alpha value is -0.0800. The van der Waals surface area contributed by atoms with Crippen LogP contribution in [0, 0.1) is 5.92 Å². The van der Waals surface area contributed by atoms with Gasteiger partial charge < -0.3 is 5.32 Å². The molecule has 0 bridgehead atoms. The van der Waals surface area contributed by atoms with Gasteiger partial charge in [0.25, 0.3) is 0 Å². The highest BCUT2D eigenvalue weighted by atomic mass is 15.2. The first kappa shape index (κ1) is 14.3. The fourth-order valence-corrected chi connectivity index (χ4v) is 3.69. The van der Waals surface area contributed by atoms with E-state index >= 15 is 0 Å². The predicted molar refractivity (Wildman–Crippen MR) is 78.9 cm³/mol. The molecule has 106 valence electrons. The third-order valence-corrected chi connectivity index (χ3v) is 5.07. The average Bonchev–Trinajstić information content (AvgIpc) is 2.41. The number of hydrogen-bond acceptors (Lipinski definition) is 2. The second kappa shape index (κ2) is 7.49. The van der Waals surface area contributed by atoms with Crippen LogP contribution in [0.25, 0.3) is 0 Å². The summed E-state index contributed by atoms with van der Waals surface area (Å²) in [5, 5.41) is 3.79. The van der Waals surface area contributed by atoms with Crippen LogP contribution in [0.5, 0.6) is 0 Å². The Morgan fingerprint density at radius 3 is 2.56 bits per heavy atom. The predicted octanol–water partition coefficient (Wildman–Crippen LogP) is 3.42. The third-order valence-electron chi connectivity index (χ3n) is 5.07. The molecule has 0 radical (unpaired) electrons. The van der Waals surface area contributed by atoms with Gasteiger partial charge in [0, 0.05) is 25.2 Å². The quantitative estimate of drug-likeness (QED) is 0.806. The molecule has 0 aromatic heterocycles. The van der Waals surface area contributed by atoms with Gasteiger partial charge in [-0.3, -0.25) is 4.90 Å². The van der Waals surface area contributed by atoms with Crippen molar-refractivity contribution in [3.8, 4) is 0 Å². The van der Waals surface area contributed by atoms with Crippen LogP contribution in [0.3, 0.4) is 0 Å². The molecule has 0 aromatic rings. The van der Waals surface area contributed by atoms with E-state index < -0.39 is 0 Å². The standard InChI is InChI=1S/C16H32N2/c1-3-16-6-4-5-12-18(16)13-11-17-15-9-7-14(2)8-10-15/h14-17H,3-13H2,1-2H3. The number of hydrogen-bond donors (Lipinski definition) is 1. The summed E-state index contributed by atoms with van der Waals surface area (Å²) in [6.07, 6.45) is 11.3. The van der Waals surface area contributed by atoms with E-state index in [2.05, 4.69) is 24.1 Å². The van der Waals surface area contributed by atoms with Gasteiger partial charge in [-0.1, -0.05) is 20.3 Å². The molecule has 2 heteroatoms. The van der Waals surface area contributed by atoms with Crippen LogP contribution in [-0.2, 0) is 0 Å². The monoisotopic (exact) mass is 252 g/mol. The van der Waals surface area contributed by atoms with Crippen LogP contribution < -0.4 is 5.32 Å². The second-order valence-electron chi connectivity index (χ2n) is 6.50. The van der Waals surface area contributed by atoms with Crippen LogP contribution in [0.2, 0.25) is 0 Å². The van der Waals surface area contributed by atoms with Gasteiger partial charge in [0.1, 0.15) is 0 Å². The molecular weight excluding hydrogens is 220 g/mol. The number of nitrogens with one attached hydrogen (secondary N) is 1. The van der Waals surface area contributed by atoms with E-state index in [-0.39, 0.29) is 0 Å². The largest absolute Gasteiger partial charge is 0.313 e. The van der Waals surface area contributed by atoms with Gasteiger partial charge in [-0.2, -0.15) is 0 Å². The molecule has 2 aliphatic rings. The Bertz CT molecular complexity index is 221. The van der Waals surface area contributed by atoms with Gasteiger partial charge in [0.05, 0.1) is 0 Å². The zero-order chi connectivity index (χ0) is 12.8. The Kier molecular flexibility index (Phi) is 5.97. The smallest absolute Gasteiger partial charge is 0.0110 e. The lowest BCUT2D eigenvalue weighted by molar-refractivity contribution is 0.142. The average molecular weight is 252 g/mol. The molecule has 1 heterocycles. The molecule has 1 saturated heterocycles. The van der Waals surface area contributed by atoms with Crippen LogP contribution in [0.4, 0.5) is 0 Å². The lowest BCUT2D eigenvalue weighted by Crippen LogP contribution is -2.44. The second-order valence-corrected chi connectivity index (χ2v) is 6.50. The molecule has 1 aliphatic heterocycles. The molecule has 1 saturated carbocycles. The highest BCUT2D eigenvalue weighted by molar-refractivity contribution is 4.79. The van der Waals surface area contributed by atoms with Crippen molar-refractivity contribution in [1.29, 1.82) is 0 Å². The van der Waals surface area contributed by atoms with Gasteiger partial charge in [0.15, 0.2) is 0 Å². The van der Waals surface area contributed by atoms with Crippen LogP contribution in [0.15, 0.2) is 0 Å². The highest BCUT2D eigenvalue weighted by Gasteiger charge is 2.21. The minimum Gasteiger partial charge on any atom is -0.313 e. The molecule has 2 nitrogen and oxygen atoms in total. The summed E-state index contributed by atoms with van der Waals surface area (Å²) in [5.74, 6) is 0.967. The van der Waals surface area contributed by atoms with E-state index in [1.807, 2.05) is 0 Å². The van der Waals surface area contributed by atoms with E-state index in [1.54, 1.807) is 0 Å². The van der Waals surface area contributed by atoms with Gasteiger partial charge in [-0.05, 0) is 57.4 Å². The normalized spacial score (nSPS) is 34.7. The molecule has 0 aromatic carbocycles. The van der Waals surface area contributed by atoms with E-state index in [1.165, 1.54) is 71.0 Å². The molecule has 0 amide bonds. The van der Waals surface area contributed by atoms with Crippen molar-refractivity contribution in [2.45, 2.75) is 77.3 Å². The maximum absolute atomic E-state index is 3.79. The van der Waals surface area contributed by atoms with E-state index in [0.717, 1.165) is 18.0 Å². The summed E-state index contributed by atoms with van der Waals surface area (Å²) in [6, 6.07) is 1.68. The summed E-state index contributed by atoms with van der Waals surface area (Å²) in [6.45, 7) is 8.55. The number of nitrogens with zero attached hydrogens (tertiary/aromatic N) is 1. The van der Waals surface area contributed by atoms with Crippen LogP contribution in [0.1, 0.15) is 65.2 Å². The molecule has 18 heavy (non-hydrogen) atoms. The molecule has 1 N–H and O–H groups in total. The van der Waals surface area contributed by atoms with Crippen LogP contribution >= 0.6 is 0 Å². The van der Waals surface area contributed by atoms with Crippen LogP contribution in [-0.4, -0.2) is 36.6 Å². The first-order valence-corrected chi connectivity index (χ1v) is 8.27. The summed E-state index contributed by atoms with van der Waals surface area (Å²) >= 11 is 0. The SMILES string of the molecule is CCC1CCCCN1CCNC1CCC(C)CC1. The van der Waals surface area contributed by atoms with Crippen molar-refractivity contribution in [3.05, 3.63) is 0 Å². The molecule has 2 fully saturated rings. The zero-order valence-corrected chi connectivity index (χ0v) is 12.5. The summed E-state index contributed by atoms with van der Waals surface area (Å²) in [5.41, 5.74) is 0. The summed E-state index contributed by atoms with van der Waals surface area (Å²) in [7, 11) is 0. The van der Waals surface area contributed by atoms with Crippen molar-refractivity contribution in [3.63, 3.8) is 0 Å². The molecule has 2 rings (SSSR count). The van der Waals surface area contributed by atoms with Crippen molar-refractivity contribution in [1.82, 2.24) is 10.2 Å². The molecule has 1 atom stereocenters. The minimum absolute atomic E-state index is 0.811. The van der Waals surface area contributed by atoms with Gasteiger partial charge in [-0.25, -0.2) is 0 Å². The van der Waals surface area contributed by atoms with Crippen molar-refractivity contribution in [2.24, 2.45) is 5.92 Å². The van der Waals surface area contributed by atoms with Gasteiger partial charge in [-0.15, -0.1) is 0 Å². The van der Waals surface area contributed by atoms with Crippen molar-refractivity contribution in [2.75, 3.05) is 19.6 Å². The molecule has 0 spiro atoms. The Morgan fingerprint density at radius 2 is 1.83 bits per heavy atom. The lowest BCUT2D eigenvalue weighted by atomic mass is 9.87. The Balaban J connectivity index is 1.62. The molecule has 1 unspecified atom stereocenters. The number of piperidine rings is 1. The van der Waals surface area contributed by atoms with Crippen molar-refractivity contribution >= 4 is 0 Å². The Labute approximate surface area is 114 Å². The maximum atomic E-state index is 3.79. The number of likely N-dealkylation sites (tertiary alicyclic amines) is 1. The molecule has 1 aliphatic carbocycles. The first-order valence-electron chi connectivity index (χ1n) is 8.27. The fraction of sp³-hybridized carbons (Fsp3) is 1.00. The van der Waals surface area contributed by atoms with E-state index in [4.69, 9.17) is 0 Å².